The molecule has 0 atom stereocenters. The first-order valence-corrected chi connectivity index (χ1v) is 7.34. The molecule has 0 saturated carbocycles. The minimum absolute atomic E-state index is 0.0540. The molecule has 0 unspecified atom stereocenters. The van der Waals surface area contributed by atoms with E-state index in [1.807, 2.05) is 0 Å². The quantitative estimate of drug-likeness (QED) is 0.610. The second kappa shape index (κ2) is 5.09. The first-order valence-electron chi connectivity index (χ1n) is 5.90. The zero-order valence-electron chi connectivity index (χ0n) is 10.8. The van der Waals surface area contributed by atoms with Gasteiger partial charge in [0, 0.05) is 0 Å². The van der Waals surface area contributed by atoms with Crippen molar-refractivity contribution < 1.29 is 22.7 Å². The molecule has 0 spiro atoms. The summed E-state index contributed by atoms with van der Waals surface area (Å²) in [4.78, 5) is 23.5. The van der Waals surface area contributed by atoms with Gasteiger partial charge in [0.25, 0.3) is 15.9 Å². The predicted octanol–water partition coefficient (Wildman–Crippen LogP) is 0.950. The smallest absolute Gasteiger partial charge is 0.335 e. The van der Waals surface area contributed by atoms with Gasteiger partial charge in [-0.15, -0.1) is 0 Å². The lowest BCUT2D eigenvalue weighted by Gasteiger charge is -2.15. The van der Waals surface area contributed by atoms with Crippen LogP contribution in [0.4, 0.5) is 0 Å². The highest BCUT2D eigenvalue weighted by molar-refractivity contribution is 7.90. The van der Waals surface area contributed by atoms with E-state index in [1.54, 1.807) is 13.0 Å². The fourth-order valence-corrected chi connectivity index (χ4v) is 3.42. The van der Waals surface area contributed by atoms with Gasteiger partial charge in [0.15, 0.2) is 0 Å². The lowest BCUT2D eigenvalue weighted by atomic mass is 10.2. The molecule has 1 amide bonds. The van der Waals surface area contributed by atoms with Crippen molar-refractivity contribution >= 4 is 21.9 Å². The number of carbonyl (C=O) groups excluding carboxylic acids is 2. The number of hydrogen-bond acceptors (Lipinski definition) is 5. The van der Waals surface area contributed by atoms with Crippen molar-refractivity contribution in [1.29, 1.82) is 0 Å². The lowest BCUT2D eigenvalue weighted by molar-refractivity contribution is -0.138. The molecule has 6 nitrogen and oxygen atoms in total. The van der Waals surface area contributed by atoms with Gasteiger partial charge in [0.1, 0.15) is 4.90 Å². The Bertz CT molecular complexity index is 692. The summed E-state index contributed by atoms with van der Waals surface area (Å²) in [5, 5.41) is 0. The van der Waals surface area contributed by atoms with Crippen LogP contribution in [0.25, 0.3) is 0 Å². The maximum Gasteiger partial charge on any atom is 0.335 e. The highest BCUT2D eigenvalue weighted by atomic mass is 32.2. The van der Waals surface area contributed by atoms with Crippen LogP contribution in [0.1, 0.15) is 17.3 Å². The summed E-state index contributed by atoms with van der Waals surface area (Å²) in [6.07, 6.45) is 0. The number of fused-ring (bicyclic) bond motifs is 1. The van der Waals surface area contributed by atoms with Crippen molar-refractivity contribution in [3.63, 3.8) is 0 Å². The molecule has 0 N–H and O–H groups in total. The van der Waals surface area contributed by atoms with E-state index in [9.17, 15) is 18.0 Å². The molecule has 2 rings (SSSR count). The number of carbonyl (C=O) groups is 2. The number of nitrogens with zero attached hydrogens (tertiary/aromatic N) is 1. The number of sulfonamides is 1. The second-order valence-electron chi connectivity index (χ2n) is 4.14. The Hall–Kier alpha value is -2.15. The van der Waals surface area contributed by atoms with Crippen LogP contribution >= 0.6 is 0 Å². The zero-order valence-corrected chi connectivity index (χ0v) is 11.6. The molecule has 1 aromatic carbocycles. The van der Waals surface area contributed by atoms with E-state index < -0.39 is 28.4 Å². The average molecular weight is 295 g/mol. The SMILES string of the molecule is C=C(CN1C(=O)c2ccccc2S1(=O)=O)C(=O)OCC. The Morgan fingerprint density at radius 1 is 1.35 bits per heavy atom. The van der Waals surface area contributed by atoms with Crippen LogP contribution in [0.3, 0.4) is 0 Å². The molecule has 0 radical (unpaired) electrons. The van der Waals surface area contributed by atoms with Crippen LogP contribution in [0.15, 0.2) is 41.3 Å². The van der Waals surface area contributed by atoms with E-state index in [0.717, 1.165) is 0 Å². The average Bonchev–Trinajstić information content (AvgIpc) is 2.61. The fraction of sp³-hybridized carbons (Fsp3) is 0.231. The van der Waals surface area contributed by atoms with Crippen LogP contribution < -0.4 is 0 Å². The van der Waals surface area contributed by atoms with Crippen molar-refractivity contribution in [3.8, 4) is 0 Å². The first kappa shape index (κ1) is 14.3. The molecule has 0 saturated heterocycles. The molecule has 0 bridgehead atoms. The third-order valence-electron chi connectivity index (χ3n) is 2.81. The molecule has 1 aromatic rings. The van der Waals surface area contributed by atoms with E-state index in [2.05, 4.69) is 6.58 Å². The number of ether oxygens (including phenoxy) is 1. The van der Waals surface area contributed by atoms with E-state index in [4.69, 9.17) is 4.74 Å². The molecule has 0 aliphatic carbocycles. The number of amides is 1. The number of esters is 1. The van der Waals surface area contributed by atoms with Gasteiger partial charge in [0.05, 0.1) is 24.3 Å². The number of hydrogen-bond donors (Lipinski definition) is 0. The lowest BCUT2D eigenvalue weighted by Crippen LogP contribution is -2.33. The van der Waals surface area contributed by atoms with Crippen molar-refractivity contribution in [3.05, 3.63) is 42.0 Å². The molecule has 0 fully saturated rings. The summed E-state index contributed by atoms with van der Waals surface area (Å²) in [5.41, 5.74) is 0.0146. The summed E-state index contributed by atoms with van der Waals surface area (Å²) in [7, 11) is -3.92. The summed E-state index contributed by atoms with van der Waals surface area (Å²) >= 11 is 0. The molecular formula is C13H13NO5S. The molecule has 1 aliphatic heterocycles. The Labute approximate surface area is 116 Å². The van der Waals surface area contributed by atoms with Gasteiger partial charge in [0.2, 0.25) is 0 Å². The van der Waals surface area contributed by atoms with Crippen LogP contribution in [0.5, 0.6) is 0 Å². The molecule has 1 aliphatic rings. The van der Waals surface area contributed by atoms with Crippen molar-refractivity contribution in [2.45, 2.75) is 11.8 Å². The maximum absolute atomic E-state index is 12.2. The van der Waals surface area contributed by atoms with Crippen molar-refractivity contribution in [2.24, 2.45) is 0 Å². The van der Waals surface area contributed by atoms with Gasteiger partial charge in [-0.25, -0.2) is 17.5 Å². The summed E-state index contributed by atoms with van der Waals surface area (Å²) in [5.74, 6) is -1.38. The Balaban J connectivity index is 2.30. The zero-order chi connectivity index (χ0) is 14.9. The third-order valence-corrected chi connectivity index (χ3v) is 4.60. The standard InChI is InChI=1S/C13H13NO5S/c1-3-19-13(16)9(2)8-14-12(15)10-6-4-5-7-11(10)20(14,17)18/h4-7H,2-3,8H2,1H3. The molecule has 106 valence electrons. The first-order chi connectivity index (χ1) is 9.39. The van der Waals surface area contributed by atoms with E-state index in [0.29, 0.717) is 4.31 Å². The maximum atomic E-state index is 12.2. The minimum Gasteiger partial charge on any atom is -0.463 e. The van der Waals surface area contributed by atoms with Crippen LogP contribution in [0, 0.1) is 0 Å². The molecule has 20 heavy (non-hydrogen) atoms. The molecular weight excluding hydrogens is 282 g/mol. The second-order valence-corrected chi connectivity index (χ2v) is 5.97. The molecule has 0 aromatic heterocycles. The van der Waals surface area contributed by atoms with Crippen LogP contribution in [-0.4, -0.2) is 37.8 Å². The van der Waals surface area contributed by atoms with Gasteiger partial charge in [-0.3, -0.25) is 4.79 Å². The van der Waals surface area contributed by atoms with Gasteiger partial charge in [-0.1, -0.05) is 18.7 Å². The van der Waals surface area contributed by atoms with Gasteiger partial charge < -0.3 is 4.74 Å². The van der Waals surface area contributed by atoms with E-state index in [-0.39, 0.29) is 22.6 Å². The molecule has 1 heterocycles. The van der Waals surface area contributed by atoms with Crippen molar-refractivity contribution in [2.75, 3.05) is 13.2 Å². The topological polar surface area (TPSA) is 80.8 Å². The Morgan fingerprint density at radius 2 is 2.00 bits per heavy atom. The predicted molar refractivity (Wildman–Crippen MR) is 70.4 cm³/mol. The van der Waals surface area contributed by atoms with E-state index >= 15 is 0 Å². The van der Waals surface area contributed by atoms with Crippen LogP contribution in [-0.2, 0) is 19.6 Å². The molecule has 7 heteroatoms. The third kappa shape index (κ3) is 2.20. The number of benzene rings is 1. The van der Waals surface area contributed by atoms with Crippen molar-refractivity contribution in [1.82, 2.24) is 4.31 Å². The minimum atomic E-state index is -3.92. The normalized spacial score (nSPS) is 15.8. The van der Waals surface area contributed by atoms with Crippen LogP contribution in [0.2, 0.25) is 0 Å². The van der Waals surface area contributed by atoms with Gasteiger partial charge in [-0.05, 0) is 19.1 Å². The monoisotopic (exact) mass is 295 g/mol. The highest BCUT2D eigenvalue weighted by Gasteiger charge is 2.41. The summed E-state index contributed by atoms with van der Waals surface area (Å²) in [6.45, 7) is 4.83. The Morgan fingerprint density at radius 3 is 2.60 bits per heavy atom. The fourth-order valence-electron chi connectivity index (χ4n) is 1.86. The largest absolute Gasteiger partial charge is 0.463 e. The summed E-state index contributed by atoms with van der Waals surface area (Å²) in [6, 6.07) is 5.90. The number of rotatable bonds is 4. The van der Waals surface area contributed by atoms with Gasteiger partial charge in [-0.2, -0.15) is 0 Å². The summed E-state index contributed by atoms with van der Waals surface area (Å²) < 4.78 is 29.8. The van der Waals surface area contributed by atoms with E-state index in [1.165, 1.54) is 18.2 Å². The highest BCUT2D eigenvalue weighted by Crippen LogP contribution is 2.30. The Kier molecular flexibility index (Phi) is 3.63. The van der Waals surface area contributed by atoms with Gasteiger partial charge >= 0.3 is 5.97 Å².